The largest absolute Gasteiger partial charge is 0.496 e. The van der Waals surface area contributed by atoms with E-state index in [-0.39, 0.29) is 17.1 Å². The normalized spacial score (nSPS) is 19.1. The second-order valence-electron chi connectivity index (χ2n) is 6.55. The van der Waals surface area contributed by atoms with Crippen molar-refractivity contribution in [3.8, 4) is 0 Å². The molecule has 0 amide bonds. The fourth-order valence-electron chi connectivity index (χ4n) is 3.69. The third-order valence-corrected chi connectivity index (χ3v) is 5.45. The van der Waals surface area contributed by atoms with Crippen LogP contribution in [0.3, 0.4) is 0 Å². The van der Waals surface area contributed by atoms with Crippen molar-refractivity contribution in [2.75, 3.05) is 18.9 Å². The number of hydrogen-bond donors (Lipinski definition) is 1. The minimum absolute atomic E-state index is 0.0403. The number of benzene rings is 1. The van der Waals surface area contributed by atoms with Gasteiger partial charge in [0.05, 0.1) is 16.4 Å². The van der Waals surface area contributed by atoms with Gasteiger partial charge in [0, 0.05) is 23.9 Å². The number of amidine groups is 1. The Hall–Kier alpha value is -2.75. The first-order valence-electron chi connectivity index (χ1n) is 8.36. The van der Waals surface area contributed by atoms with Crippen LogP contribution in [0.15, 0.2) is 55.3 Å². The molecule has 28 heavy (non-hydrogen) atoms. The average molecular weight is 453 g/mol. The SMILES string of the molecule is Nc1nc2cc(C3=NC=C4C(Br)=COCC5=C4N3CC5)cc(C(F)(F)F)c2o1. The number of fused-ring (bicyclic) bond motifs is 1. The van der Waals surface area contributed by atoms with Crippen molar-refractivity contribution >= 4 is 38.9 Å². The van der Waals surface area contributed by atoms with E-state index >= 15 is 0 Å². The van der Waals surface area contributed by atoms with E-state index in [1.54, 1.807) is 12.5 Å². The number of nitrogens with two attached hydrogens (primary N) is 1. The Morgan fingerprint density at radius 3 is 2.86 bits per heavy atom. The summed E-state index contributed by atoms with van der Waals surface area (Å²) in [7, 11) is 0. The number of ether oxygens (including phenoxy) is 1. The highest BCUT2D eigenvalue weighted by atomic mass is 79.9. The lowest BCUT2D eigenvalue weighted by molar-refractivity contribution is -0.136. The van der Waals surface area contributed by atoms with Gasteiger partial charge in [-0.3, -0.25) is 0 Å². The Labute approximate surface area is 165 Å². The molecule has 6 nitrogen and oxygen atoms in total. The minimum atomic E-state index is -4.62. The van der Waals surface area contributed by atoms with Gasteiger partial charge in [-0.2, -0.15) is 18.2 Å². The van der Waals surface area contributed by atoms with E-state index < -0.39 is 11.7 Å². The van der Waals surface area contributed by atoms with Crippen molar-refractivity contribution in [3.63, 3.8) is 0 Å². The number of aromatic nitrogens is 1. The van der Waals surface area contributed by atoms with Crippen molar-refractivity contribution in [2.24, 2.45) is 4.99 Å². The molecular weight excluding hydrogens is 441 g/mol. The molecule has 0 atom stereocenters. The predicted octanol–water partition coefficient (Wildman–Crippen LogP) is 4.30. The van der Waals surface area contributed by atoms with Gasteiger partial charge in [-0.25, -0.2) is 4.99 Å². The Bertz CT molecular complexity index is 1140. The maximum Gasteiger partial charge on any atom is 0.420 e. The molecule has 144 valence electrons. The first-order valence-corrected chi connectivity index (χ1v) is 9.15. The lowest BCUT2D eigenvalue weighted by Gasteiger charge is -2.28. The Balaban J connectivity index is 1.71. The van der Waals surface area contributed by atoms with Crippen LogP contribution in [0, 0.1) is 0 Å². The van der Waals surface area contributed by atoms with E-state index in [9.17, 15) is 13.2 Å². The molecule has 0 saturated carbocycles. The van der Waals surface area contributed by atoms with E-state index in [1.165, 1.54) is 6.07 Å². The summed E-state index contributed by atoms with van der Waals surface area (Å²) < 4.78 is 52.1. The lowest BCUT2D eigenvalue weighted by atomic mass is 10.0. The quantitative estimate of drug-likeness (QED) is 0.697. The number of halogens is 4. The minimum Gasteiger partial charge on any atom is -0.496 e. The fourth-order valence-corrected chi connectivity index (χ4v) is 4.11. The van der Waals surface area contributed by atoms with Crippen molar-refractivity contribution in [1.82, 2.24) is 9.88 Å². The highest BCUT2D eigenvalue weighted by molar-refractivity contribution is 9.12. The number of alkyl halides is 3. The summed E-state index contributed by atoms with van der Waals surface area (Å²) in [6.45, 7) is 1.03. The van der Waals surface area contributed by atoms with E-state index in [2.05, 4.69) is 25.9 Å². The van der Waals surface area contributed by atoms with Crippen LogP contribution < -0.4 is 5.73 Å². The first-order chi connectivity index (χ1) is 13.3. The van der Waals surface area contributed by atoms with Gasteiger partial charge in [0.1, 0.15) is 23.5 Å². The number of allylic oxidation sites excluding steroid dienone is 1. The predicted molar refractivity (Wildman–Crippen MR) is 99.4 cm³/mol. The molecule has 0 radical (unpaired) electrons. The maximum atomic E-state index is 13.6. The van der Waals surface area contributed by atoms with Gasteiger partial charge in [0.15, 0.2) is 5.58 Å². The zero-order chi connectivity index (χ0) is 19.6. The summed E-state index contributed by atoms with van der Waals surface area (Å²) in [5.74, 6) is 0.421. The van der Waals surface area contributed by atoms with Crippen LogP contribution in [0.1, 0.15) is 17.5 Å². The monoisotopic (exact) mass is 452 g/mol. The third-order valence-electron chi connectivity index (χ3n) is 4.84. The van der Waals surface area contributed by atoms with Crippen LogP contribution >= 0.6 is 15.9 Å². The van der Waals surface area contributed by atoms with Crippen LogP contribution in [0.5, 0.6) is 0 Å². The highest BCUT2D eigenvalue weighted by Gasteiger charge is 2.38. The molecule has 0 spiro atoms. The molecule has 0 bridgehead atoms. The number of rotatable bonds is 1. The van der Waals surface area contributed by atoms with Gasteiger partial charge < -0.3 is 19.8 Å². The molecule has 4 heterocycles. The van der Waals surface area contributed by atoms with Crippen molar-refractivity contribution in [3.05, 3.63) is 57.0 Å². The Morgan fingerprint density at radius 2 is 2.07 bits per heavy atom. The number of oxazole rings is 1. The van der Waals surface area contributed by atoms with E-state index in [0.717, 1.165) is 33.8 Å². The van der Waals surface area contributed by atoms with Crippen molar-refractivity contribution in [2.45, 2.75) is 12.6 Å². The van der Waals surface area contributed by atoms with Gasteiger partial charge in [0.25, 0.3) is 6.01 Å². The van der Waals surface area contributed by atoms with Crippen LogP contribution in [-0.4, -0.2) is 28.9 Å². The zero-order valence-electron chi connectivity index (χ0n) is 14.2. The maximum absolute atomic E-state index is 13.6. The zero-order valence-corrected chi connectivity index (χ0v) is 15.8. The van der Waals surface area contributed by atoms with Gasteiger partial charge >= 0.3 is 6.18 Å². The Morgan fingerprint density at radius 1 is 1.25 bits per heavy atom. The van der Waals surface area contributed by atoms with Crippen LogP contribution in [-0.2, 0) is 10.9 Å². The molecule has 2 aromatic rings. The van der Waals surface area contributed by atoms with E-state index in [0.29, 0.717) is 24.6 Å². The number of nitrogens with zero attached hydrogens (tertiary/aromatic N) is 3. The van der Waals surface area contributed by atoms with E-state index in [1.807, 2.05) is 4.90 Å². The number of anilines is 1. The molecule has 1 aromatic carbocycles. The standard InChI is InChI=1S/C18H12BrF3N4O2/c19-12-7-27-6-8-1-2-26-14(8)10(12)5-24-16(26)9-3-11(18(20,21)22)15-13(4-9)25-17(23)28-15/h3-5,7H,1-2,6H2,(H2,23,25). The second-order valence-corrected chi connectivity index (χ2v) is 7.40. The molecule has 0 fully saturated rings. The molecule has 3 aliphatic rings. The van der Waals surface area contributed by atoms with Gasteiger partial charge in [-0.15, -0.1) is 0 Å². The molecule has 1 aromatic heterocycles. The lowest BCUT2D eigenvalue weighted by Crippen LogP contribution is -2.32. The van der Waals surface area contributed by atoms with E-state index in [4.69, 9.17) is 14.9 Å². The van der Waals surface area contributed by atoms with Crippen LogP contribution in [0.4, 0.5) is 19.2 Å². The fraction of sp³-hybridized carbons (Fsp3) is 0.222. The van der Waals surface area contributed by atoms with Gasteiger partial charge in [-0.05, 0) is 40.1 Å². The van der Waals surface area contributed by atoms with Crippen LogP contribution in [0.2, 0.25) is 0 Å². The molecule has 0 saturated heterocycles. The molecule has 2 N–H and O–H groups in total. The summed E-state index contributed by atoms with van der Waals surface area (Å²) in [6, 6.07) is 2.23. The third kappa shape index (κ3) is 2.55. The number of hydrogen-bond acceptors (Lipinski definition) is 6. The molecule has 3 aliphatic heterocycles. The Kier molecular flexibility index (Phi) is 3.64. The van der Waals surface area contributed by atoms with Crippen LogP contribution in [0.25, 0.3) is 11.1 Å². The topological polar surface area (TPSA) is 76.9 Å². The molecule has 0 aliphatic carbocycles. The smallest absolute Gasteiger partial charge is 0.420 e. The summed E-state index contributed by atoms with van der Waals surface area (Å²) in [6.07, 6.45) is -0.635. The molecule has 0 unspecified atom stereocenters. The summed E-state index contributed by atoms with van der Waals surface area (Å²) >= 11 is 3.46. The summed E-state index contributed by atoms with van der Waals surface area (Å²) in [4.78, 5) is 10.3. The number of nitrogen functional groups attached to an aromatic ring is 1. The van der Waals surface area contributed by atoms with Crippen molar-refractivity contribution < 1.29 is 22.3 Å². The molecular formula is C18H12BrF3N4O2. The summed E-state index contributed by atoms with van der Waals surface area (Å²) in [5.41, 5.74) is 7.34. The number of aliphatic imine (C=N–C) groups is 1. The molecule has 5 rings (SSSR count). The van der Waals surface area contributed by atoms with Gasteiger partial charge in [-0.1, -0.05) is 0 Å². The highest BCUT2D eigenvalue weighted by Crippen LogP contribution is 2.42. The first kappa shape index (κ1) is 17.4. The summed E-state index contributed by atoms with van der Waals surface area (Å²) in [5, 5.41) is 0. The average Bonchev–Trinajstić information content (AvgIpc) is 3.17. The molecule has 10 heteroatoms. The van der Waals surface area contributed by atoms with Gasteiger partial charge in [0.2, 0.25) is 0 Å². The second kappa shape index (κ2) is 5.87. The van der Waals surface area contributed by atoms with Crippen molar-refractivity contribution in [1.29, 1.82) is 0 Å².